The molecular weight excluding hydrogens is 220 g/mol. The predicted octanol–water partition coefficient (Wildman–Crippen LogP) is -0.0568. The molecule has 0 bridgehead atoms. The first-order valence-corrected chi connectivity index (χ1v) is 5.68. The van der Waals surface area contributed by atoms with E-state index in [9.17, 15) is 0 Å². The van der Waals surface area contributed by atoms with Gasteiger partial charge in [-0.1, -0.05) is 13.3 Å². The van der Waals surface area contributed by atoms with Gasteiger partial charge in [-0.15, -0.1) is 0 Å². The Bertz CT molecular complexity index is 346. The summed E-state index contributed by atoms with van der Waals surface area (Å²) in [6.07, 6.45) is 2.10. The summed E-state index contributed by atoms with van der Waals surface area (Å²) in [7, 11) is 0. The molecular formula is C10H20N6O. The first-order chi connectivity index (χ1) is 8.21. The fourth-order valence-electron chi connectivity index (χ4n) is 1.50. The van der Waals surface area contributed by atoms with Crippen LogP contribution in [-0.2, 0) is 0 Å². The normalized spacial score (nSPS) is 10.3. The fourth-order valence-corrected chi connectivity index (χ4v) is 1.50. The van der Waals surface area contributed by atoms with Gasteiger partial charge in [0.15, 0.2) is 0 Å². The van der Waals surface area contributed by atoms with Crippen LogP contribution in [0.15, 0.2) is 6.07 Å². The van der Waals surface area contributed by atoms with Crippen molar-refractivity contribution in [1.82, 2.24) is 9.97 Å². The maximum atomic E-state index is 9.04. The Kier molecular flexibility index (Phi) is 5.44. The number of anilines is 3. The molecule has 0 saturated heterocycles. The highest BCUT2D eigenvalue weighted by Crippen LogP contribution is 2.16. The Morgan fingerprint density at radius 2 is 2.18 bits per heavy atom. The quantitative estimate of drug-likeness (QED) is 0.390. The van der Waals surface area contributed by atoms with Crippen LogP contribution < -0.4 is 21.9 Å². The van der Waals surface area contributed by atoms with Gasteiger partial charge in [0.1, 0.15) is 11.6 Å². The molecule has 0 unspecified atom stereocenters. The lowest BCUT2D eigenvalue weighted by Gasteiger charge is -2.23. The standard InChI is InChI=1S/C10H20N6O/c1-2-3-4-16(5-6-17)9-7-8(15-12)13-10(11)14-9/h7,17H,2-6,12H2,1H3,(H3,11,13,14,15). The Morgan fingerprint density at radius 1 is 1.41 bits per heavy atom. The van der Waals surface area contributed by atoms with Crippen molar-refractivity contribution in [3.8, 4) is 0 Å². The van der Waals surface area contributed by atoms with Crippen LogP contribution in [0.4, 0.5) is 17.6 Å². The number of unbranched alkanes of at least 4 members (excludes halogenated alkanes) is 1. The van der Waals surface area contributed by atoms with Crippen molar-refractivity contribution >= 4 is 17.6 Å². The minimum atomic E-state index is 0.0685. The highest BCUT2D eigenvalue weighted by Gasteiger charge is 2.09. The molecule has 0 amide bonds. The molecule has 1 rings (SSSR count). The van der Waals surface area contributed by atoms with E-state index in [1.807, 2.05) is 4.90 Å². The van der Waals surface area contributed by atoms with E-state index in [2.05, 4.69) is 22.3 Å². The molecule has 0 spiro atoms. The number of aliphatic hydroxyl groups is 1. The van der Waals surface area contributed by atoms with Crippen molar-refractivity contribution < 1.29 is 5.11 Å². The molecule has 1 aromatic rings. The number of rotatable bonds is 7. The minimum absolute atomic E-state index is 0.0685. The molecule has 0 aromatic carbocycles. The zero-order chi connectivity index (χ0) is 12.7. The van der Waals surface area contributed by atoms with Gasteiger partial charge in [-0.25, -0.2) is 5.84 Å². The van der Waals surface area contributed by atoms with Gasteiger partial charge in [0.2, 0.25) is 5.95 Å². The highest BCUT2D eigenvalue weighted by molar-refractivity contribution is 5.52. The van der Waals surface area contributed by atoms with Crippen LogP contribution in [-0.4, -0.2) is 34.8 Å². The molecule has 0 radical (unpaired) electrons. The molecule has 7 nitrogen and oxygen atoms in total. The summed E-state index contributed by atoms with van der Waals surface area (Å²) in [5.41, 5.74) is 8.03. The van der Waals surface area contributed by atoms with Crippen LogP contribution in [0.25, 0.3) is 0 Å². The third kappa shape index (κ3) is 4.04. The number of hydrogen-bond donors (Lipinski definition) is 4. The fraction of sp³-hybridized carbons (Fsp3) is 0.600. The van der Waals surface area contributed by atoms with Crippen LogP contribution in [0, 0.1) is 0 Å². The molecule has 96 valence electrons. The van der Waals surface area contributed by atoms with Crippen LogP contribution in [0.2, 0.25) is 0 Å². The average Bonchev–Trinajstić information content (AvgIpc) is 2.33. The van der Waals surface area contributed by atoms with E-state index in [-0.39, 0.29) is 12.6 Å². The Labute approximate surface area is 101 Å². The van der Waals surface area contributed by atoms with Crippen LogP contribution in [0.5, 0.6) is 0 Å². The van der Waals surface area contributed by atoms with Crippen LogP contribution in [0.3, 0.4) is 0 Å². The maximum Gasteiger partial charge on any atom is 0.223 e. The van der Waals surface area contributed by atoms with Gasteiger partial charge in [-0.2, -0.15) is 9.97 Å². The Morgan fingerprint density at radius 3 is 2.76 bits per heavy atom. The maximum absolute atomic E-state index is 9.04. The highest BCUT2D eigenvalue weighted by atomic mass is 16.3. The number of nitrogens with zero attached hydrogens (tertiary/aromatic N) is 3. The van der Waals surface area contributed by atoms with Gasteiger partial charge < -0.3 is 21.2 Å². The summed E-state index contributed by atoms with van der Waals surface area (Å²) in [4.78, 5) is 10.0. The molecule has 0 fully saturated rings. The van der Waals surface area contributed by atoms with Crippen LogP contribution >= 0.6 is 0 Å². The van der Waals surface area contributed by atoms with Crippen molar-refractivity contribution in [3.63, 3.8) is 0 Å². The second kappa shape index (κ2) is 6.87. The molecule has 17 heavy (non-hydrogen) atoms. The van der Waals surface area contributed by atoms with E-state index in [0.717, 1.165) is 19.4 Å². The van der Waals surface area contributed by atoms with Crippen molar-refractivity contribution in [1.29, 1.82) is 0 Å². The van der Waals surface area contributed by atoms with E-state index in [1.54, 1.807) is 6.07 Å². The average molecular weight is 240 g/mol. The van der Waals surface area contributed by atoms with Gasteiger partial charge in [0.05, 0.1) is 6.61 Å². The summed E-state index contributed by atoms with van der Waals surface area (Å²) in [6.45, 7) is 3.51. The van der Waals surface area contributed by atoms with Crippen LogP contribution in [0.1, 0.15) is 19.8 Å². The monoisotopic (exact) mass is 240 g/mol. The van der Waals surface area contributed by atoms with E-state index in [4.69, 9.17) is 16.7 Å². The number of hydrogen-bond acceptors (Lipinski definition) is 7. The molecule has 0 atom stereocenters. The molecule has 0 aliphatic rings. The lowest BCUT2D eigenvalue weighted by atomic mass is 10.3. The third-order valence-corrected chi connectivity index (χ3v) is 2.35. The molecule has 0 aliphatic heterocycles. The van der Waals surface area contributed by atoms with Crippen molar-refractivity contribution in [3.05, 3.63) is 6.07 Å². The number of nitrogens with one attached hydrogen (secondary N) is 1. The summed E-state index contributed by atoms with van der Waals surface area (Å²) in [5.74, 6) is 6.60. The van der Waals surface area contributed by atoms with Gasteiger partial charge >= 0.3 is 0 Å². The summed E-state index contributed by atoms with van der Waals surface area (Å²) in [5, 5.41) is 9.04. The summed E-state index contributed by atoms with van der Waals surface area (Å²) >= 11 is 0. The van der Waals surface area contributed by atoms with E-state index in [1.165, 1.54) is 0 Å². The topological polar surface area (TPSA) is 113 Å². The SMILES string of the molecule is CCCCN(CCO)c1cc(NN)nc(N)n1. The zero-order valence-corrected chi connectivity index (χ0v) is 10.1. The Hall–Kier alpha value is -1.60. The molecule has 6 N–H and O–H groups in total. The smallest absolute Gasteiger partial charge is 0.223 e. The van der Waals surface area contributed by atoms with E-state index >= 15 is 0 Å². The second-order valence-corrected chi connectivity index (χ2v) is 3.68. The first-order valence-electron chi connectivity index (χ1n) is 5.68. The Balaban J connectivity index is 2.87. The van der Waals surface area contributed by atoms with Crippen molar-refractivity contribution in [2.75, 3.05) is 35.8 Å². The number of aromatic nitrogens is 2. The summed E-state index contributed by atoms with van der Waals surface area (Å²) in [6, 6.07) is 1.71. The predicted molar refractivity (Wildman–Crippen MR) is 68.5 cm³/mol. The lowest BCUT2D eigenvalue weighted by Crippen LogP contribution is -2.29. The van der Waals surface area contributed by atoms with E-state index < -0.39 is 0 Å². The van der Waals surface area contributed by atoms with Gasteiger partial charge in [0.25, 0.3) is 0 Å². The van der Waals surface area contributed by atoms with E-state index in [0.29, 0.717) is 18.2 Å². The zero-order valence-electron chi connectivity index (χ0n) is 10.1. The number of hydrazine groups is 1. The molecule has 0 aliphatic carbocycles. The lowest BCUT2D eigenvalue weighted by molar-refractivity contribution is 0.301. The molecule has 0 saturated carbocycles. The third-order valence-electron chi connectivity index (χ3n) is 2.35. The summed E-state index contributed by atoms with van der Waals surface area (Å²) < 4.78 is 0. The van der Waals surface area contributed by atoms with Gasteiger partial charge in [-0.05, 0) is 6.42 Å². The van der Waals surface area contributed by atoms with Gasteiger partial charge in [-0.3, -0.25) is 0 Å². The molecule has 7 heteroatoms. The number of aliphatic hydroxyl groups excluding tert-OH is 1. The largest absolute Gasteiger partial charge is 0.395 e. The second-order valence-electron chi connectivity index (χ2n) is 3.68. The minimum Gasteiger partial charge on any atom is -0.395 e. The molecule has 1 aromatic heterocycles. The first kappa shape index (κ1) is 13.5. The van der Waals surface area contributed by atoms with Gasteiger partial charge in [0, 0.05) is 19.2 Å². The number of nitrogen functional groups attached to an aromatic ring is 2. The molecule has 1 heterocycles. The number of nitrogens with two attached hydrogens (primary N) is 2. The van der Waals surface area contributed by atoms with Crippen molar-refractivity contribution in [2.24, 2.45) is 5.84 Å². The van der Waals surface area contributed by atoms with Crippen molar-refractivity contribution in [2.45, 2.75) is 19.8 Å².